The fraction of sp³-hybridized carbons (Fsp3) is 0.415. The number of amides is 5. The van der Waals surface area contributed by atoms with E-state index in [-0.39, 0.29) is 30.4 Å². The Labute approximate surface area is 403 Å². The highest BCUT2D eigenvalue weighted by Crippen LogP contribution is 2.33. The first-order valence-corrected chi connectivity index (χ1v) is 24.2. The third-order valence-electron chi connectivity index (χ3n) is 13.0. The molecular formula is C53H61N11O5. The minimum Gasteiger partial charge on any atom is -0.384 e. The molecule has 1 aromatic carbocycles. The van der Waals surface area contributed by atoms with Crippen LogP contribution in [0.15, 0.2) is 73.2 Å². The fourth-order valence-electron chi connectivity index (χ4n) is 9.25. The molecule has 16 nitrogen and oxygen atoms in total. The Bertz CT molecular complexity index is 2790. The zero-order valence-corrected chi connectivity index (χ0v) is 40.0. The van der Waals surface area contributed by atoms with Crippen molar-refractivity contribution in [2.45, 2.75) is 117 Å². The Morgan fingerprint density at radius 1 is 0.855 bits per heavy atom. The third-order valence-corrected chi connectivity index (χ3v) is 13.0. The summed E-state index contributed by atoms with van der Waals surface area (Å²) in [5.41, 5.74) is 7.61. The van der Waals surface area contributed by atoms with Crippen LogP contribution in [0.2, 0.25) is 0 Å². The minimum absolute atomic E-state index is 0.0113. The molecule has 8 rings (SSSR count). The van der Waals surface area contributed by atoms with E-state index in [2.05, 4.69) is 61.6 Å². The second-order valence-corrected chi connectivity index (χ2v) is 18.4. The summed E-state index contributed by atoms with van der Waals surface area (Å²) in [7, 11) is 2.14. The van der Waals surface area contributed by atoms with E-state index in [4.69, 9.17) is 4.98 Å². The predicted molar refractivity (Wildman–Crippen MR) is 264 cm³/mol. The van der Waals surface area contributed by atoms with Crippen molar-refractivity contribution in [2.75, 3.05) is 37.3 Å². The number of imide groups is 2. The zero-order valence-electron chi connectivity index (χ0n) is 40.0. The highest BCUT2D eigenvalue weighted by atomic mass is 16.2. The SMILES string of the molecule is Cc1cccc(CN2C(=O)c3cc(-c4nc(Nc5ccnc(C#CCCN(C)CCCCCCCCCCNc6cccc7c6C(=O)N(C6CCC(=O)NC6=O)C7=O)c5)ncc4C)cn3C[C@H]2C)n1. The van der Waals surface area contributed by atoms with Gasteiger partial charge in [0.15, 0.2) is 0 Å². The lowest BCUT2D eigenvalue weighted by Gasteiger charge is -2.34. The zero-order chi connectivity index (χ0) is 48.4. The van der Waals surface area contributed by atoms with Crippen LogP contribution in [0.3, 0.4) is 0 Å². The molecule has 3 aliphatic heterocycles. The van der Waals surface area contributed by atoms with Gasteiger partial charge in [0, 0.05) is 79.7 Å². The summed E-state index contributed by atoms with van der Waals surface area (Å²) in [4.78, 5) is 87.9. The van der Waals surface area contributed by atoms with E-state index in [9.17, 15) is 24.0 Å². The van der Waals surface area contributed by atoms with Gasteiger partial charge >= 0.3 is 0 Å². The lowest BCUT2D eigenvalue weighted by molar-refractivity contribution is -0.136. The summed E-state index contributed by atoms with van der Waals surface area (Å²) in [5, 5.41) is 8.90. The van der Waals surface area contributed by atoms with Gasteiger partial charge in [-0.25, -0.2) is 15.0 Å². The Morgan fingerprint density at radius 3 is 2.43 bits per heavy atom. The number of carbonyl (C=O) groups excluding carboxylic acids is 5. The van der Waals surface area contributed by atoms with Crippen molar-refractivity contribution in [3.8, 4) is 23.1 Å². The monoisotopic (exact) mass is 931 g/mol. The number of aromatic nitrogens is 5. The summed E-state index contributed by atoms with van der Waals surface area (Å²) >= 11 is 0. The van der Waals surface area contributed by atoms with Crippen molar-refractivity contribution in [1.29, 1.82) is 0 Å². The summed E-state index contributed by atoms with van der Waals surface area (Å²) in [6, 6.07) is 15.8. The maximum atomic E-state index is 13.7. The second-order valence-electron chi connectivity index (χ2n) is 18.4. The molecule has 2 atom stereocenters. The smallest absolute Gasteiger partial charge is 0.271 e. The molecule has 69 heavy (non-hydrogen) atoms. The average molecular weight is 932 g/mol. The number of nitrogens with zero attached hydrogens (tertiary/aromatic N) is 8. The summed E-state index contributed by atoms with van der Waals surface area (Å²) < 4.78 is 2.03. The molecule has 5 aromatic rings. The number of hydrogen-bond acceptors (Lipinski definition) is 12. The molecule has 16 heteroatoms. The van der Waals surface area contributed by atoms with Gasteiger partial charge in [0.2, 0.25) is 17.8 Å². The third kappa shape index (κ3) is 11.7. The van der Waals surface area contributed by atoms with Gasteiger partial charge in [-0.15, -0.1) is 0 Å². The Balaban J connectivity index is 0.706. The van der Waals surface area contributed by atoms with Crippen molar-refractivity contribution in [3.05, 3.63) is 113 Å². The summed E-state index contributed by atoms with van der Waals surface area (Å²) in [5.74, 6) is 4.93. The van der Waals surface area contributed by atoms with Crippen LogP contribution in [0.1, 0.15) is 131 Å². The van der Waals surface area contributed by atoms with Gasteiger partial charge in [-0.1, -0.05) is 56.6 Å². The van der Waals surface area contributed by atoms with Crippen molar-refractivity contribution in [2.24, 2.45) is 0 Å². The molecule has 5 amide bonds. The van der Waals surface area contributed by atoms with E-state index in [1.165, 1.54) is 25.7 Å². The Kier molecular flexibility index (Phi) is 15.5. The van der Waals surface area contributed by atoms with Gasteiger partial charge in [0.25, 0.3) is 17.7 Å². The van der Waals surface area contributed by atoms with Gasteiger partial charge in [-0.2, -0.15) is 0 Å². The maximum absolute atomic E-state index is 13.7. The molecule has 0 spiro atoms. The molecule has 0 bridgehead atoms. The van der Waals surface area contributed by atoms with Crippen LogP contribution in [-0.4, -0.2) is 108 Å². The van der Waals surface area contributed by atoms with E-state index in [0.29, 0.717) is 48.2 Å². The van der Waals surface area contributed by atoms with Gasteiger partial charge in [0.1, 0.15) is 17.4 Å². The molecule has 0 radical (unpaired) electrons. The number of unbranched alkanes of at least 4 members (excludes halogenated alkanes) is 7. The van der Waals surface area contributed by atoms with Crippen molar-refractivity contribution in [1.82, 2.24) is 44.5 Å². The molecule has 1 unspecified atom stereocenters. The first-order valence-electron chi connectivity index (χ1n) is 24.2. The largest absolute Gasteiger partial charge is 0.384 e. The highest BCUT2D eigenvalue weighted by molar-refractivity contribution is 6.25. The molecule has 1 fully saturated rings. The fourth-order valence-corrected chi connectivity index (χ4v) is 9.25. The number of fused-ring (bicyclic) bond motifs is 2. The van der Waals surface area contributed by atoms with Crippen LogP contribution in [0.4, 0.5) is 17.3 Å². The highest BCUT2D eigenvalue weighted by Gasteiger charge is 2.45. The van der Waals surface area contributed by atoms with Crippen molar-refractivity contribution >= 4 is 46.9 Å². The summed E-state index contributed by atoms with van der Waals surface area (Å²) in [6.45, 7) is 9.72. The normalized spacial score (nSPS) is 16.6. The van der Waals surface area contributed by atoms with Gasteiger partial charge in [-0.3, -0.25) is 39.2 Å². The number of anilines is 3. The summed E-state index contributed by atoms with van der Waals surface area (Å²) in [6.07, 6.45) is 15.5. The number of hydrogen-bond donors (Lipinski definition) is 3. The molecule has 7 heterocycles. The molecule has 358 valence electrons. The Morgan fingerprint density at radius 2 is 1.64 bits per heavy atom. The lowest BCUT2D eigenvalue weighted by atomic mass is 10.0. The number of nitrogens with one attached hydrogen (secondary N) is 3. The van der Waals surface area contributed by atoms with E-state index >= 15 is 0 Å². The van der Waals surface area contributed by atoms with E-state index in [1.807, 2.05) is 65.9 Å². The number of carbonyl (C=O) groups is 5. The van der Waals surface area contributed by atoms with E-state index < -0.39 is 29.7 Å². The number of pyridine rings is 2. The quantitative estimate of drug-likeness (QED) is 0.0398. The standard InChI is InChI=1S/C53H61N11O5/c1-35-31-56-53(60-48(35)38-29-45-51(68)63(37(3)32-62(45)33-38)34-41-19-15-17-36(2)57-41)58-40-24-26-54-39(30-40)18-11-14-28-61(4)27-13-10-8-6-5-7-9-12-25-55-43-21-16-20-42-47(43)52(69)64(50(42)67)44-22-23-46(65)59-49(44)66/h15-17,19-21,24,26,29-31,33,37,44,55H,5-10,12-14,22-23,25,27-28,32,34H2,1-4H3,(H,59,65,66)(H,54,56,58,60)/t37-,44?/m1/s1. The molecule has 0 aliphatic carbocycles. The van der Waals surface area contributed by atoms with Gasteiger partial charge in [0.05, 0.1) is 29.1 Å². The molecule has 1 saturated heterocycles. The molecule has 3 aliphatic rings. The van der Waals surface area contributed by atoms with E-state index in [1.54, 1.807) is 30.6 Å². The number of piperidine rings is 1. The number of rotatable bonds is 20. The maximum Gasteiger partial charge on any atom is 0.271 e. The molecule has 0 saturated carbocycles. The first kappa shape index (κ1) is 48.2. The molecular weight excluding hydrogens is 871 g/mol. The Hall–Kier alpha value is -7.25. The average Bonchev–Trinajstić information content (AvgIpc) is 3.87. The van der Waals surface area contributed by atoms with Gasteiger partial charge < -0.3 is 25.0 Å². The first-order chi connectivity index (χ1) is 33.4. The van der Waals surface area contributed by atoms with Crippen LogP contribution < -0.4 is 16.0 Å². The van der Waals surface area contributed by atoms with Crippen LogP contribution in [0.25, 0.3) is 11.3 Å². The van der Waals surface area contributed by atoms with Crippen molar-refractivity contribution < 1.29 is 24.0 Å². The van der Waals surface area contributed by atoms with Crippen LogP contribution >= 0.6 is 0 Å². The molecule has 4 aromatic heterocycles. The number of benzene rings is 1. The van der Waals surface area contributed by atoms with Gasteiger partial charge in [-0.05, 0) is 108 Å². The van der Waals surface area contributed by atoms with Crippen LogP contribution in [0, 0.1) is 25.7 Å². The van der Waals surface area contributed by atoms with E-state index in [0.717, 1.165) is 84.0 Å². The van der Waals surface area contributed by atoms with Crippen LogP contribution in [0.5, 0.6) is 0 Å². The lowest BCUT2D eigenvalue weighted by Crippen LogP contribution is -2.54. The molecule has 3 N–H and O–H groups in total. The predicted octanol–water partition coefficient (Wildman–Crippen LogP) is 7.45. The topological polar surface area (TPSA) is 188 Å². The second kappa shape index (κ2) is 22.2. The van der Waals surface area contributed by atoms with Crippen LogP contribution in [-0.2, 0) is 22.7 Å². The minimum atomic E-state index is -0.974. The van der Waals surface area contributed by atoms with Crippen molar-refractivity contribution in [3.63, 3.8) is 0 Å². The number of aryl methyl sites for hydroxylation is 2.